The highest BCUT2D eigenvalue weighted by Crippen LogP contribution is 2.27. The molecule has 0 atom stereocenters. The first kappa shape index (κ1) is 18.7. The molecule has 138 valence electrons. The summed E-state index contributed by atoms with van der Waals surface area (Å²) in [5.41, 5.74) is 1.26. The van der Waals surface area contributed by atoms with E-state index in [1.807, 2.05) is 18.2 Å². The van der Waals surface area contributed by atoms with Gasteiger partial charge in [0.25, 0.3) is 0 Å². The number of hydrogen-bond donors (Lipinski definition) is 1. The van der Waals surface area contributed by atoms with E-state index in [2.05, 4.69) is 21.0 Å². The van der Waals surface area contributed by atoms with E-state index in [0.717, 1.165) is 0 Å². The van der Waals surface area contributed by atoms with Gasteiger partial charge in [-0.25, -0.2) is 9.48 Å². The molecule has 1 aromatic heterocycles. The Bertz CT molecular complexity index is 999. The molecule has 0 saturated heterocycles. The molecule has 7 nitrogen and oxygen atoms in total. The van der Waals surface area contributed by atoms with E-state index in [9.17, 15) is 9.59 Å². The standard InChI is InChI=1S/C19H15BrN2O5/c1-26-17-5-3-2-4-15(17)22-10-12(9-21-22)19(25)14-8-13(20)6-7-16(14)27-11-18(23)24/h2-10H,11H2,1H3,(H,23,24). The molecule has 1 N–H and O–H groups in total. The Morgan fingerprint density at radius 3 is 2.70 bits per heavy atom. The Hall–Kier alpha value is -3.13. The van der Waals surface area contributed by atoms with Gasteiger partial charge >= 0.3 is 5.97 Å². The van der Waals surface area contributed by atoms with Crippen LogP contribution in [0.5, 0.6) is 11.5 Å². The number of ketones is 1. The van der Waals surface area contributed by atoms with Crippen LogP contribution in [-0.2, 0) is 4.79 Å². The van der Waals surface area contributed by atoms with Crippen molar-refractivity contribution in [3.8, 4) is 17.2 Å². The maximum Gasteiger partial charge on any atom is 0.341 e. The van der Waals surface area contributed by atoms with Crippen molar-refractivity contribution in [1.82, 2.24) is 9.78 Å². The minimum atomic E-state index is -1.12. The van der Waals surface area contributed by atoms with E-state index in [1.54, 1.807) is 42.3 Å². The summed E-state index contributed by atoms with van der Waals surface area (Å²) in [5, 5.41) is 13.0. The molecule has 0 radical (unpaired) electrons. The van der Waals surface area contributed by atoms with Gasteiger partial charge < -0.3 is 14.6 Å². The molecule has 0 aliphatic rings. The number of benzene rings is 2. The quantitative estimate of drug-likeness (QED) is 0.578. The van der Waals surface area contributed by atoms with Crippen molar-refractivity contribution in [2.75, 3.05) is 13.7 Å². The summed E-state index contributed by atoms with van der Waals surface area (Å²) in [5.74, 6) is -0.652. The largest absolute Gasteiger partial charge is 0.494 e. The maximum absolute atomic E-state index is 12.9. The third kappa shape index (κ3) is 4.17. The number of hydrogen-bond acceptors (Lipinski definition) is 5. The second-order valence-electron chi connectivity index (χ2n) is 5.50. The number of carbonyl (C=O) groups excluding carboxylic acids is 1. The molecule has 0 aliphatic heterocycles. The Morgan fingerprint density at radius 1 is 1.19 bits per heavy atom. The van der Waals surface area contributed by atoms with Crippen molar-refractivity contribution in [2.24, 2.45) is 0 Å². The first-order chi connectivity index (χ1) is 13.0. The third-order valence-electron chi connectivity index (χ3n) is 3.71. The lowest BCUT2D eigenvalue weighted by atomic mass is 10.1. The number of ether oxygens (including phenoxy) is 2. The molecule has 0 bridgehead atoms. The number of carboxylic acids is 1. The molecule has 0 aliphatic carbocycles. The van der Waals surface area contributed by atoms with Crippen LogP contribution >= 0.6 is 15.9 Å². The number of nitrogens with zero attached hydrogens (tertiary/aromatic N) is 2. The summed E-state index contributed by atoms with van der Waals surface area (Å²) in [6.45, 7) is -0.539. The van der Waals surface area contributed by atoms with Gasteiger partial charge in [-0.1, -0.05) is 28.1 Å². The number of methoxy groups -OCH3 is 1. The fourth-order valence-electron chi connectivity index (χ4n) is 2.49. The van der Waals surface area contributed by atoms with Gasteiger partial charge in [0.1, 0.15) is 17.2 Å². The van der Waals surface area contributed by atoms with Gasteiger partial charge in [0.2, 0.25) is 0 Å². The number of rotatable bonds is 7. The Labute approximate surface area is 163 Å². The average Bonchev–Trinajstić information content (AvgIpc) is 3.16. The van der Waals surface area contributed by atoms with E-state index in [-0.39, 0.29) is 17.1 Å². The fourth-order valence-corrected chi connectivity index (χ4v) is 2.85. The zero-order valence-corrected chi connectivity index (χ0v) is 15.8. The highest BCUT2D eigenvalue weighted by Gasteiger charge is 2.19. The molecule has 0 spiro atoms. The van der Waals surface area contributed by atoms with Gasteiger partial charge in [0, 0.05) is 10.7 Å². The van der Waals surface area contributed by atoms with Gasteiger partial charge in [-0.15, -0.1) is 0 Å². The van der Waals surface area contributed by atoms with Crippen LogP contribution in [0.2, 0.25) is 0 Å². The predicted octanol–water partition coefficient (Wildman–Crippen LogP) is 3.34. The lowest BCUT2D eigenvalue weighted by Crippen LogP contribution is -2.12. The van der Waals surface area contributed by atoms with E-state index in [0.29, 0.717) is 21.5 Å². The normalized spacial score (nSPS) is 10.4. The van der Waals surface area contributed by atoms with Crippen molar-refractivity contribution >= 4 is 27.7 Å². The molecular formula is C19H15BrN2O5. The van der Waals surface area contributed by atoms with Crippen LogP contribution in [0, 0.1) is 0 Å². The van der Waals surface area contributed by atoms with Crippen LogP contribution in [0.4, 0.5) is 0 Å². The van der Waals surface area contributed by atoms with Gasteiger partial charge in [0.05, 0.1) is 24.4 Å². The van der Waals surface area contributed by atoms with E-state index < -0.39 is 12.6 Å². The molecule has 0 saturated carbocycles. The number of halogens is 1. The Kier molecular flexibility index (Phi) is 5.56. The van der Waals surface area contributed by atoms with Crippen LogP contribution in [-0.4, -0.2) is 40.4 Å². The smallest absolute Gasteiger partial charge is 0.341 e. The molecule has 0 amide bonds. The van der Waals surface area contributed by atoms with Crippen molar-refractivity contribution < 1.29 is 24.2 Å². The van der Waals surface area contributed by atoms with Crippen molar-refractivity contribution in [1.29, 1.82) is 0 Å². The number of carboxylic acid groups (broad SMARTS) is 1. The lowest BCUT2D eigenvalue weighted by molar-refractivity contribution is -0.139. The second-order valence-corrected chi connectivity index (χ2v) is 6.41. The van der Waals surface area contributed by atoms with E-state index >= 15 is 0 Å². The number of carbonyl (C=O) groups is 2. The van der Waals surface area contributed by atoms with E-state index in [4.69, 9.17) is 14.6 Å². The topological polar surface area (TPSA) is 90.7 Å². The predicted molar refractivity (Wildman–Crippen MR) is 101 cm³/mol. The Balaban J connectivity index is 1.94. The minimum Gasteiger partial charge on any atom is -0.494 e. The van der Waals surface area contributed by atoms with Crippen LogP contribution in [0.15, 0.2) is 59.3 Å². The average molecular weight is 431 g/mol. The maximum atomic E-state index is 12.9. The lowest BCUT2D eigenvalue weighted by Gasteiger charge is -2.09. The molecule has 27 heavy (non-hydrogen) atoms. The van der Waals surface area contributed by atoms with Crippen LogP contribution in [0.25, 0.3) is 5.69 Å². The summed E-state index contributed by atoms with van der Waals surface area (Å²) < 4.78 is 12.8. The van der Waals surface area contributed by atoms with Crippen molar-refractivity contribution in [2.45, 2.75) is 0 Å². The molecule has 0 fully saturated rings. The van der Waals surface area contributed by atoms with Gasteiger partial charge in [0.15, 0.2) is 12.4 Å². The summed E-state index contributed by atoms with van der Waals surface area (Å²) in [4.78, 5) is 23.7. The zero-order chi connectivity index (χ0) is 19.4. The SMILES string of the molecule is COc1ccccc1-n1cc(C(=O)c2cc(Br)ccc2OCC(=O)O)cn1. The zero-order valence-electron chi connectivity index (χ0n) is 14.3. The molecule has 3 aromatic rings. The monoisotopic (exact) mass is 430 g/mol. The summed E-state index contributed by atoms with van der Waals surface area (Å²) in [6.07, 6.45) is 3.03. The number of aliphatic carboxylic acids is 1. The first-order valence-corrected chi connectivity index (χ1v) is 8.66. The highest BCUT2D eigenvalue weighted by atomic mass is 79.9. The molecule has 1 heterocycles. The number of para-hydroxylation sites is 2. The first-order valence-electron chi connectivity index (χ1n) is 7.86. The van der Waals surface area contributed by atoms with Gasteiger partial charge in [-0.3, -0.25) is 4.79 Å². The highest BCUT2D eigenvalue weighted by molar-refractivity contribution is 9.10. The molecule has 2 aromatic carbocycles. The second kappa shape index (κ2) is 8.05. The van der Waals surface area contributed by atoms with Gasteiger partial charge in [-0.2, -0.15) is 5.10 Å². The van der Waals surface area contributed by atoms with Crippen molar-refractivity contribution in [3.63, 3.8) is 0 Å². The third-order valence-corrected chi connectivity index (χ3v) is 4.21. The van der Waals surface area contributed by atoms with Gasteiger partial charge in [-0.05, 0) is 30.3 Å². The van der Waals surface area contributed by atoms with Crippen LogP contribution in [0.1, 0.15) is 15.9 Å². The summed E-state index contributed by atoms with van der Waals surface area (Å²) in [6, 6.07) is 12.1. The molecule has 8 heteroatoms. The van der Waals surface area contributed by atoms with E-state index in [1.165, 1.54) is 6.20 Å². The van der Waals surface area contributed by atoms with Crippen LogP contribution < -0.4 is 9.47 Å². The molecular weight excluding hydrogens is 416 g/mol. The summed E-state index contributed by atoms with van der Waals surface area (Å²) in [7, 11) is 1.56. The van der Waals surface area contributed by atoms with Crippen LogP contribution in [0.3, 0.4) is 0 Å². The summed E-state index contributed by atoms with van der Waals surface area (Å²) >= 11 is 3.32. The van der Waals surface area contributed by atoms with Crippen molar-refractivity contribution in [3.05, 3.63) is 70.5 Å². The minimum absolute atomic E-state index is 0.190. The Morgan fingerprint density at radius 2 is 1.96 bits per heavy atom. The number of aromatic nitrogens is 2. The fraction of sp³-hybridized carbons (Fsp3) is 0.105. The molecule has 0 unspecified atom stereocenters. The molecule has 3 rings (SSSR count).